The van der Waals surface area contributed by atoms with Crippen molar-refractivity contribution in [2.75, 3.05) is 0 Å². The van der Waals surface area contributed by atoms with E-state index in [1.54, 1.807) is 0 Å². The van der Waals surface area contributed by atoms with Gasteiger partial charge in [0.2, 0.25) is 0 Å². The third-order valence-electron chi connectivity index (χ3n) is 1.01. The summed E-state index contributed by atoms with van der Waals surface area (Å²) in [5.74, 6) is -0.126. The Morgan fingerprint density at radius 1 is 1.70 bits per heavy atom. The lowest BCUT2D eigenvalue weighted by atomic mass is 10.1. The molecule has 2 nitrogen and oxygen atoms in total. The molecule has 58 valence electrons. The van der Waals surface area contributed by atoms with E-state index in [4.69, 9.17) is 11.9 Å². The van der Waals surface area contributed by atoms with Gasteiger partial charge in [0, 0.05) is 5.57 Å². The zero-order valence-electron chi connectivity index (χ0n) is 6.19. The minimum atomic E-state index is -0.532. The van der Waals surface area contributed by atoms with Crippen molar-refractivity contribution in [2.24, 2.45) is 5.92 Å². The van der Waals surface area contributed by atoms with Crippen LogP contribution >= 0.6 is 11.9 Å². The second kappa shape index (κ2) is 4.34. The lowest BCUT2D eigenvalue weighted by molar-refractivity contribution is -0.129. The molecule has 0 aliphatic heterocycles. The Balaban J connectivity index is 3.74. The lowest BCUT2D eigenvalue weighted by Crippen LogP contribution is -2.03. The Hall–Kier alpha value is -0.500. The highest BCUT2D eigenvalue weighted by molar-refractivity contribution is 6.15. The fourth-order valence-corrected chi connectivity index (χ4v) is 0.740. The average molecular weight is 163 g/mol. The summed E-state index contributed by atoms with van der Waals surface area (Å²) in [6, 6.07) is 0. The molecule has 0 radical (unpaired) electrons. The highest BCUT2D eigenvalue weighted by Gasteiger charge is 2.08. The van der Waals surface area contributed by atoms with Gasteiger partial charge in [0.15, 0.2) is 0 Å². The van der Waals surface area contributed by atoms with E-state index in [1.165, 1.54) is 0 Å². The summed E-state index contributed by atoms with van der Waals surface area (Å²) in [6.45, 7) is 7.49. The van der Waals surface area contributed by atoms with E-state index in [2.05, 4.69) is 10.9 Å². The minimum absolute atomic E-state index is 0.406. The third kappa shape index (κ3) is 3.51. The van der Waals surface area contributed by atoms with Gasteiger partial charge in [0.25, 0.3) is 0 Å². The largest absolute Gasteiger partial charge is 0.351 e. The predicted molar refractivity (Wildman–Crippen MR) is 40.5 cm³/mol. The van der Waals surface area contributed by atoms with Gasteiger partial charge < -0.3 is 4.29 Å². The van der Waals surface area contributed by atoms with E-state index in [1.807, 2.05) is 13.8 Å². The number of rotatable bonds is 3. The van der Waals surface area contributed by atoms with Gasteiger partial charge in [-0.15, -0.1) is 0 Å². The Morgan fingerprint density at radius 3 is 2.50 bits per heavy atom. The van der Waals surface area contributed by atoms with Crippen molar-refractivity contribution >= 4 is 17.8 Å². The van der Waals surface area contributed by atoms with Crippen molar-refractivity contribution in [3.05, 3.63) is 12.2 Å². The average Bonchev–Trinajstić information content (AvgIpc) is 1.85. The molecule has 0 atom stereocenters. The van der Waals surface area contributed by atoms with Crippen LogP contribution in [0.5, 0.6) is 0 Å². The maximum Gasteiger partial charge on any atom is 0.351 e. The second-order valence-corrected chi connectivity index (χ2v) is 2.72. The Kier molecular flexibility index (Phi) is 4.12. The van der Waals surface area contributed by atoms with Gasteiger partial charge in [-0.1, -0.05) is 20.4 Å². The van der Waals surface area contributed by atoms with Crippen LogP contribution < -0.4 is 0 Å². The van der Waals surface area contributed by atoms with E-state index in [9.17, 15) is 4.79 Å². The molecule has 0 aliphatic carbocycles. The molecule has 0 fully saturated rings. The maximum absolute atomic E-state index is 10.6. The molecule has 0 aromatic heterocycles. The Labute approximate surface area is 66.0 Å². The molecule has 0 N–H and O–H groups in total. The van der Waals surface area contributed by atoms with E-state index in [0.717, 1.165) is 0 Å². The summed E-state index contributed by atoms with van der Waals surface area (Å²) in [4.78, 5) is 10.6. The molecule has 0 aliphatic rings. The number of hydrogen-bond acceptors (Lipinski definition) is 2. The number of carbonyl (C=O) groups excluding carboxylic acids is 1. The first-order chi connectivity index (χ1) is 4.57. The van der Waals surface area contributed by atoms with Crippen LogP contribution in [0.3, 0.4) is 0 Å². The standard InChI is InChI=1S/C7H11ClO2/c1-5(2)4-6(3)7(9)10-8/h5H,3-4H2,1-2H3. The monoisotopic (exact) mass is 162 g/mol. The van der Waals surface area contributed by atoms with Crippen molar-refractivity contribution in [3.63, 3.8) is 0 Å². The molecule has 10 heavy (non-hydrogen) atoms. The fourth-order valence-electron chi connectivity index (χ4n) is 0.631. The first-order valence-corrected chi connectivity index (χ1v) is 3.39. The number of halogens is 1. The minimum Gasteiger partial charge on any atom is -0.343 e. The third-order valence-corrected chi connectivity index (χ3v) is 1.15. The van der Waals surface area contributed by atoms with E-state index >= 15 is 0 Å². The van der Waals surface area contributed by atoms with Crippen LogP contribution in [0.2, 0.25) is 0 Å². The van der Waals surface area contributed by atoms with Gasteiger partial charge in [-0.05, 0) is 12.3 Å². The molecule has 0 heterocycles. The summed E-state index contributed by atoms with van der Waals surface area (Å²) in [7, 11) is 0. The van der Waals surface area contributed by atoms with Crippen LogP contribution in [0.25, 0.3) is 0 Å². The van der Waals surface area contributed by atoms with Crippen molar-refractivity contribution in [2.45, 2.75) is 20.3 Å². The van der Waals surface area contributed by atoms with Crippen molar-refractivity contribution in [1.29, 1.82) is 0 Å². The normalized spacial score (nSPS) is 9.60. The summed E-state index contributed by atoms with van der Waals surface area (Å²) in [5, 5.41) is 0. The van der Waals surface area contributed by atoms with Crippen LogP contribution in [0.15, 0.2) is 12.2 Å². The van der Waals surface area contributed by atoms with E-state index < -0.39 is 5.97 Å². The number of carbonyl (C=O) groups is 1. The van der Waals surface area contributed by atoms with Crippen LogP contribution in [-0.2, 0) is 9.08 Å². The fraction of sp³-hybridized carbons (Fsp3) is 0.571. The topological polar surface area (TPSA) is 26.3 Å². The summed E-state index contributed by atoms with van der Waals surface area (Å²) >= 11 is 4.82. The molecule has 0 spiro atoms. The van der Waals surface area contributed by atoms with Crippen molar-refractivity contribution in [1.82, 2.24) is 0 Å². The molecule has 0 amide bonds. The molecule has 0 rings (SSSR count). The molecule has 0 saturated carbocycles. The van der Waals surface area contributed by atoms with E-state index in [-0.39, 0.29) is 0 Å². The van der Waals surface area contributed by atoms with Crippen LogP contribution in [0.4, 0.5) is 0 Å². The predicted octanol–water partition coefficient (Wildman–Crippen LogP) is 2.29. The zero-order valence-corrected chi connectivity index (χ0v) is 6.94. The SMILES string of the molecule is C=C(CC(C)C)C(=O)OCl. The Morgan fingerprint density at radius 2 is 2.20 bits per heavy atom. The van der Waals surface area contributed by atoms with E-state index in [0.29, 0.717) is 17.9 Å². The molecular weight excluding hydrogens is 152 g/mol. The highest BCUT2D eigenvalue weighted by atomic mass is 35.5. The van der Waals surface area contributed by atoms with Gasteiger partial charge in [0.05, 0.1) is 0 Å². The molecule has 0 saturated heterocycles. The van der Waals surface area contributed by atoms with Crippen molar-refractivity contribution in [3.8, 4) is 0 Å². The molecular formula is C7H11ClO2. The zero-order chi connectivity index (χ0) is 8.15. The van der Waals surface area contributed by atoms with Gasteiger partial charge in [-0.25, -0.2) is 4.79 Å². The smallest absolute Gasteiger partial charge is 0.343 e. The molecule has 0 unspecified atom stereocenters. The van der Waals surface area contributed by atoms with Crippen LogP contribution in [0.1, 0.15) is 20.3 Å². The molecule has 0 aromatic carbocycles. The quantitative estimate of drug-likeness (QED) is 0.596. The van der Waals surface area contributed by atoms with Crippen LogP contribution in [0, 0.1) is 5.92 Å². The first-order valence-electron chi connectivity index (χ1n) is 3.08. The van der Waals surface area contributed by atoms with Gasteiger partial charge in [0.1, 0.15) is 11.9 Å². The van der Waals surface area contributed by atoms with Gasteiger partial charge in [-0.3, -0.25) is 0 Å². The number of hydrogen-bond donors (Lipinski definition) is 0. The Bertz CT molecular complexity index is 141. The summed E-state index contributed by atoms with van der Waals surface area (Å²) < 4.78 is 3.95. The van der Waals surface area contributed by atoms with Crippen molar-refractivity contribution < 1.29 is 9.08 Å². The summed E-state index contributed by atoms with van der Waals surface area (Å²) in [5.41, 5.74) is 0.421. The maximum atomic E-state index is 10.6. The first kappa shape index (κ1) is 9.50. The second-order valence-electron chi connectivity index (χ2n) is 2.57. The molecule has 0 aromatic rings. The van der Waals surface area contributed by atoms with Gasteiger partial charge >= 0.3 is 5.97 Å². The molecule has 0 bridgehead atoms. The lowest BCUT2D eigenvalue weighted by Gasteiger charge is -2.03. The van der Waals surface area contributed by atoms with Gasteiger partial charge in [-0.2, -0.15) is 0 Å². The summed E-state index contributed by atoms with van der Waals surface area (Å²) in [6.07, 6.45) is 0.631. The highest BCUT2D eigenvalue weighted by Crippen LogP contribution is 2.10. The molecule has 3 heteroatoms. The van der Waals surface area contributed by atoms with Crippen LogP contribution in [-0.4, -0.2) is 5.97 Å².